The molecule has 0 amide bonds. The molecule has 0 aliphatic carbocycles. The molecule has 1 aromatic heterocycles. The van der Waals surface area contributed by atoms with Crippen LogP contribution in [-0.2, 0) is 5.41 Å². The molecule has 1 aliphatic heterocycles. The van der Waals surface area contributed by atoms with Gasteiger partial charge < -0.3 is 24.1 Å². The Labute approximate surface area is 151 Å². The Morgan fingerprint density at radius 2 is 1.96 bits per heavy atom. The molecule has 0 saturated heterocycles. The van der Waals surface area contributed by atoms with E-state index in [9.17, 15) is 15.0 Å². The first-order valence-corrected chi connectivity index (χ1v) is 8.42. The Bertz CT molecular complexity index is 937. The molecule has 1 aliphatic rings. The van der Waals surface area contributed by atoms with Gasteiger partial charge in [0.05, 0.1) is 18.1 Å². The number of benzene rings is 1. The summed E-state index contributed by atoms with van der Waals surface area (Å²) in [6.45, 7) is 11.1. The smallest absolute Gasteiger partial charge is 0.336 e. The van der Waals surface area contributed by atoms with Gasteiger partial charge in [0.1, 0.15) is 34.9 Å². The van der Waals surface area contributed by atoms with Crippen molar-refractivity contribution >= 4 is 11.0 Å². The summed E-state index contributed by atoms with van der Waals surface area (Å²) in [6, 6.07) is 2.88. The quantitative estimate of drug-likeness (QED) is 0.646. The Hall–Kier alpha value is -2.31. The maximum atomic E-state index is 11.9. The monoisotopic (exact) mass is 360 g/mol. The maximum Gasteiger partial charge on any atom is 0.336 e. The van der Waals surface area contributed by atoms with Crippen molar-refractivity contribution in [3.8, 4) is 11.5 Å². The molecule has 0 saturated carbocycles. The molecule has 3 rings (SSSR count). The van der Waals surface area contributed by atoms with Crippen molar-refractivity contribution in [2.45, 2.75) is 50.9 Å². The van der Waals surface area contributed by atoms with Crippen LogP contribution >= 0.6 is 0 Å². The van der Waals surface area contributed by atoms with Crippen LogP contribution in [0.4, 0.5) is 0 Å². The van der Waals surface area contributed by atoms with Crippen molar-refractivity contribution in [3.05, 3.63) is 46.3 Å². The lowest BCUT2D eigenvalue weighted by Gasteiger charge is -2.42. The van der Waals surface area contributed by atoms with E-state index in [2.05, 4.69) is 6.58 Å². The van der Waals surface area contributed by atoms with Gasteiger partial charge in [0.25, 0.3) is 0 Å². The molecule has 0 spiro atoms. The van der Waals surface area contributed by atoms with E-state index in [0.29, 0.717) is 33.6 Å². The number of hydrogen-bond acceptors (Lipinski definition) is 6. The lowest BCUT2D eigenvalue weighted by atomic mass is 9.78. The van der Waals surface area contributed by atoms with Crippen LogP contribution in [-0.4, -0.2) is 29.0 Å². The molecule has 26 heavy (non-hydrogen) atoms. The fourth-order valence-electron chi connectivity index (χ4n) is 3.41. The van der Waals surface area contributed by atoms with Crippen molar-refractivity contribution in [1.82, 2.24) is 0 Å². The minimum absolute atomic E-state index is 0.310. The van der Waals surface area contributed by atoms with Crippen LogP contribution in [0.25, 0.3) is 11.0 Å². The molecular formula is C20H24O6. The van der Waals surface area contributed by atoms with E-state index in [0.717, 1.165) is 0 Å². The van der Waals surface area contributed by atoms with Crippen LogP contribution in [0, 0.1) is 0 Å². The number of fused-ring (bicyclic) bond motifs is 2. The minimum atomic E-state index is -1.22. The van der Waals surface area contributed by atoms with Crippen LogP contribution in [0.2, 0.25) is 0 Å². The second-order valence-electron chi connectivity index (χ2n) is 7.67. The van der Waals surface area contributed by atoms with Gasteiger partial charge in [0.2, 0.25) is 0 Å². The molecular weight excluding hydrogens is 336 g/mol. The van der Waals surface area contributed by atoms with Crippen molar-refractivity contribution in [2.75, 3.05) is 7.11 Å². The Kier molecular flexibility index (Phi) is 4.16. The van der Waals surface area contributed by atoms with Gasteiger partial charge in [-0.05, 0) is 19.9 Å². The number of hydrogen-bond donors (Lipinski definition) is 2. The maximum absolute atomic E-state index is 11.9. The van der Waals surface area contributed by atoms with Gasteiger partial charge in [-0.2, -0.15) is 0 Å². The third kappa shape index (κ3) is 2.52. The fraction of sp³-hybridized carbons (Fsp3) is 0.450. The zero-order valence-corrected chi connectivity index (χ0v) is 15.6. The van der Waals surface area contributed by atoms with E-state index in [4.69, 9.17) is 13.9 Å². The van der Waals surface area contributed by atoms with Gasteiger partial charge in [-0.3, -0.25) is 0 Å². The van der Waals surface area contributed by atoms with E-state index in [1.807, 2.05) is 13.8 Å². The van der Waals surface area contributed by atoms with Gasteiger partial charge in [0, 0.05) is 17.0 Å². The van der Waals surface area contributed by atoms with Crippen LogP contribution in [0.1, 0.15) is 44.9 Å². The third-order valence-corrected chi connectivity index (χ3v) is 5.05. The highest BCUT2D eigenvalue weighted by Gasteiger charge is 2.47. The minimum Gasteiger partial charge on any atom is -0.495 e. The van der Waals surface area contributed by atoms with Crippen LogP contribution in [0.15, 0.2) is 34.0 Å². The molecule has 6 heteroatoms. The van der Waals surface area contributed by atoms with Gasteiger partial charge >= 0.3 is 5.63 Å². The molecule has 1 aromatic carbocycles. The molecule has 0 bridgehead atoms. The molecule has 2 N–H and O–H groups in total. The lowest BCUT2D eigenvalue weighted by molar-refractivity contribution is -0.113. The zero-order chi connectivity index (χ0) is 19.4. The predicted octanol–water partition coefficient (Wildman–Crippen LogP) is 2.83. The van der Waals surface area contributed by atoms with E-state index in [-0.39, 0.29) is 0 Å². The van der Waals surface area contributed by atoms with E-state index < -0.39 is 28.8 Å². The SMILES string of the molecule is C=CC(C)(C)c1c2c(c(OC)c3ccc(=O)oc13)[C@@H](O)[C@H](O)C(C)(C)O2. The Morgan fingerprint density at radius 3 is 2.54 bits per heavy atom. The van der Waals surface area contributed by atoms with Crippen LogP contribution in [0.3, 0.4) is 0 Å². The topological polar surface area (TPSA) is 89.1 Å². The molecule has 2 heterocycles. The summed E-state index contributed by atoms with van der Waals surface area (Å²) < 4.78 is 17.1. The van der Waals surface area contributed by atoms with E-state index >= 15 is 0 Å². The highest BCUT2D eigenvalue weighted by atomic mass is 16.5. The summed E-state index contributed by atoms with van der Waals surface area (Å²) in [5.74, 6) is 0.654. The summed E-state index contributed by atoms with van der Waals surface area (Å²) in [5, 5.41) is 21.9. The van der Waals surface area contributed by atoms with Crippen LogP contribution in [0.5, 0.6) is 11.5 Å². The van der Waals surface area contributed by atoms with Gasteiger partial charge in [-0.15, -0.1) is 6.58 Å². The highest BCUT2D eigenvalue weighted by molar-refractivity contribution is 5.92. The summed E-state index contributed by atoms with van der Waals surface area (Å²) in [7, 11) is 1.46. The average Bonchev–Trinajstić information content (AvgIpc) is 2.57. The summed E-state index contributed by atoms with van der Waals surface area (Å²) in [6.07, 6.45) is -0.661. The molecule has 0 radical (unpaired) electrons. The number of rotatable bonds is 3. The molecule has 6 nitrogen and oxygen atoms in total. The van der Waals surface area contributed by atoms with Gasteiger partial charge in [-0.25, -0.2) is 4.79 Å². The Morgan fingerprint density at radius 1 is 1.31 bits per heavy atom. The first-order chi connectivity index (χ1) is 12.0. The molecule has 2 aromatic rings. The number of aliphatic hydroxyl groups excluding tert-OH is 2. The second-order valence-corrected chi connectivity index (χ2v) is 7.67. The standard InChI is InChI=1S/C20H24O6/c1-7-19(2,3)13-16-10(8-9-11(21)25-16)15(24-6)12-14(22)18(23)20(4,5)26-17(12)13/h7-9,14,18,22-23H,1H2,2-6H3/t14-,18+/m1/s1. The molecule has 0 fully saturated rings. The molecule has 2 atom stereocenters. The van der Waals surface area contributed by atoms with E-state index in [1.165, 1.54) is 13.2 Å². The molecule has 0 unspecified atom stereocenters. The third-order valence-electron chi connectivity index (χ3n) is 5.05. The predicted molar refractivity (Wildman–Crippen MR) is 97.9 cm³/mol. The van der Waals surface area contributed by atoms with E-state index in [1.54, 1.807) is 26.0 Å². The first kappa shape index (κ1) is 18.5. The zero-order valence-electron chi connectivity index (χ0n) is 15.6. The van der Waals surface area contributed by atoms with Gasteiger partial charge in [0.15, 0.2) is 0 Å². The first-order valence-electron chi connectivity index (χ1n) is 8.42. The summed E-state index contributed by atoms with van der Waals surface area (Å²) in [5.41, 5.74) is -0.954. The van der Waals surface area contributed by atoms with Crippen molar-refractivity contribution in [2.24, 2.45) is 0 Å². The fourth-order valence-corrected chi connectivity index (χ4v) is 3.41. The Balaban J connectivity index is 2.57. The number of aliphatic hydroxyl groups is 2. The van der Waals surface area contributed by atoms with Crippen molar-refractivity contribution in [1.29, 1.82) is 0 Å². The van der Waals surface area contributed by atoms with Crippen molar-refractivity contribution in [3.63, 3.8) is 0 Å². The van der Waals surface area contributed by atoms with Crippen LogP contribution < -0.4 is 15.1 Å². The number of ether oxygens (including phenoxy) is 2. The summed E-state index contributed by atoms with van der Waals surface area (Å²) >= 11 is 0. The largest absolute Gasteiger partial charge is 0.495 e. The number of allylic oxidation sites excluding steroid dienone is 1. The lowest BCUT2D eigenvalue weighted by Crippen LogP contribution is -2.49. The second kappa shape index (κ2) is 5.86. The highest BCUT2D eigenvalue weighted by Crippen LogP contribution is 2.53. The number of methoxy groups -OCH3 is 1. The average molecular weight is 360 g/mol. The normalized spacial score (nSPS) is 21.8. The van der Waals surface area contributed by atoms with Gasteiger partial charge in [-0.1, -0.05) is 19.9 Å². The summed E-state index contributed by atoms with van der Waals surface area (Å²) in [4.78, 5) is 11.9. The van der Waals surface area contributed by atoms with Crippen molar-refractivity contribution < 1.29 is 24.1 Å². The molecule has 140 valence electrons.